The van der Waals surface area contributed by atoms with Crippen LogP contribution < -0.4 is 0 Å². The van der Waals surface area contributed by atoms with Crippen LogP contribution in [0.5, 0.6) is 0 Å². The fourth-order valence-electron chi connectivity index (χ4n) is 4.23. The van der Waals surface area contributed by atoms with Gasteiger partial charge in [-0.15, -0.1) is 0 Å². The standard InChI is InChI=1S/C29H22F6/c1-2-3-4-5-17-6-10-22(24(30)12-17)21-14-25(31)28(26(32)15-21)19-9-11-23-18(13-19)7-8-20(29(23)35)16-27(33)34/h6-16H,2-5H2,1H3. The topological polar surface area (TPSA) is 0 Å². The summed E-state index contributed by atoms with van der Waals surface area (Å²) in [6, 6.07) is 13.4. The molecule has 0 radical (unpaired) electrons. The van der Waals surface area contributed by atoms with Crippen LogP contribution in [0.2, 0.25) is 0 Å². The van der Waals surface area contributed by atoms with Crippen molar-refractivity contribution in [2.24, 2.45) is 0 Å². The molecular formula is C29H22F6. The Kier molecular flexibility index (Phi) is 7.29. The minimum Gasteiger partial charge on any atom is -0.206 e. The first-order valence-corrected chi connectivity index (χ1v) is 11.3. The van der Waals surface area contributed by atoms with Gasteiger partial charge in [0.15, 0.2) is 0 Å². The molecule has 0 aliphatic carbocycles. The zero-order chi connectivity index (χ0) is 25.1. The third-order valence-electron chi connectivity index (χ3n) is 5.99. The third-order valence-corrected chi connectivity index (χ3v) is 5.99. The van der Waals surface area contributed by atoms with E-state index in [9.17, 15) is 17.6 Å². The first kappa shape index (κ1) is 24.6. The molecule has 0 aromatic heterocycles. The van der Waals surface area contributed by atoms with Gasteiger partial charge in [0.1, 0.15) is 23.3 Å². The molecule has 4 aromatic rings. The zero-order valence-corrected chi connectivity index (χ0v) is 18.9. The second-order valence-corrected chi connectivity index (χ2v) is 8.42. The van der Waals surface area contributed by atoms with Gasteiger partial charge in [-0.3, -0.25) is 0 Å². The van der Waals surface area contributed by atoms with Crippen molar-refractivity contribution in [1.29, 1.82) is 0 Å². The molecule has 4 rings (SSSR count). The Hall–Kier alpha value is -3.54. The second kappa shape index (κ2) is 10.4. The van der Waals surface area contributed by atoms with Crippen LogP contribution in [0.25, 0.3) is 39.1 Å². The van der Waals surface area contributed by atoms with Crippen LogP contribution in [0, 0.1) is 23.3 Å². The Bertz CT molecular complexity index is 1390. The van der Waals surface area contributed by atoms with Crippen molar-refractivity contribution in [2.45, 2.75) is 32.6 Å². The van der Waals surface area contributed by atoms with E-state index in [4.69, 9.17) is 0 Å². The molecule has 0 nitrogen and oxygen atoms in total. The largest absolute Gasteiger partial charge is 0.271 e. The minimum absolute atomic E-state index is 0.0438. The number of rotatable bonds is 7. The van der Waals surface area contributed by atoms with E-state index in [1.807, 2.05) is 0 Å². The van der Waals surface area contributed by atoms with E-state index < -0.39 is 29.3 Å². The molecule has 180 valence electrons. The Morgan fingerprint density at radius 3 is 2.14 bits per heavy atom. The van der Waals surface area contributed by atoms with Crippen molar-refractivity contribution in [2.75, 3.05) is 0 Å². The van der Waals surface area contributed by atoms with E-state index in [0.717, 1.165) is 43.4 Å². The summed E-state index contributed by atoms with van der Waals surface area (Å²) in [7, 11) is 0. The van der Waals surface area contributed by atoms with Crippen molar-refractivity contribution in [3.05, 3.63) is 101 Å². The number of aryl methyl sites for hydroxylation is 1. The predicted molar refractivity (Wildman–Crippen MR) is 128 cm³/mol. The molecule has 0 aliphatic rings. The summed E-state index contributed by atoms with van der Waals surface area (Å²) in [6.45, 7) is 2.08. The lowest BCUT2D eigenvalue weighted by Crippen LogP contribution is -1.95. The lowest BCUT2D eigenvalue weighted by atomic mass is 9.95. The van der Waals surface area contributed by atoms with E-state index in [0.29, 0.717) is 11.5 Å². The van der Waals surface area contributed by atoms with E-state index in [-0.39, 0.29) is 33.2 Å². The second-order valence-electron chi connectivity index (χ2n) is 8.42. The molecule has 0 aliphatic heterocycles. The quantitative estimate of drug-likeness (QED) is 0.181. The summed E-state index contributed by atoms with van der Waals surface area (Å²) < 4.78 is 84.4. The lowest BCUT2D eigenvalue weighted by molar-refractivity contribution is 0.429. The first-order chi connectivity index (χ1) is 16.8. The highest BCUT2D eigenvalue weighted by Gasteiger charge is 2.17. The fraction of sp³-hybridized carbons (Fsp3) is 0.172. The molecule has 0 spiro atoms. The monoisotopic (exact) mass is 484 g/mol. The summed E-state index contributed by atoms with van der Waals surface area (Å²) in [5.41, 5.74) is 0.503. The summed E-state index contributed by atoms with van der Waals surface area (Å²) in [4.78, 5) is 0. The normalized spacial score (nSPS) is 11.2. The third kappa shape index (κ3) is 5.26. The van der Waals surface area contributed by atoms with Crippen molar-refractivity contribution < 1.29 is 26.3 Å². The Labute approximate surface area is 199 Å². The summed E-state index contributed by atoms with van der Waals surface area (Å²) in [5.74, 6) is -3.20. The van der Waals surface area contributed by atoms with Gasteiger partial charge in [0.25, 0.3) is 6.08 Å². The smallest absolute Gasteiger partial charge is 0.206 e. The maximum atomic E-state index is 15.1. The Morgan fingerprint density at radius 1 is 0.743 bits per heavy atom. The number of fused-ring (bicyclic) bond motifs is 1. The SMILES string of the molecule is CCCCCc1ccc(-c2cc(F)c(-c3ccc4c(F)c(C=C(F)F)ccc4c3)c(F)c2)c(F)c1. The van der Waals surface area contributed by atoms with Gasteiger partial charge >= 0.3 is 0 Å². The van der Waals surface area contributed by atoms with E-state index in [2.05, 4.69) is 6.92 Å². The summed E-state index contributed by atoms with van der Waals surface area (Å²) >= 11 is 0. The highest BCUT2D eigenvalue weighted by Crippen LogP contribution is 2.35. The van der Waals surface area contributed by atoms with E-state index in [1.54, 1.807) is 6.07 Å². The highest BCUT2D eigenvalue weighted by molar-refractivity contribution is 5.90. The molecule has 35 heavy (non-hydrogen) atoms. The molecular weight excluding hydrogens is 462 g/mol. The van der Waals surface area contributed by atoms with E-state index in [1.165, 1.54) is 42.5 Å². The van der Waals surface area contributed by atoms with Crippen molar-refractivity contribution in [1.82, 2.24) is 0 Å². The molecule has 0 N–H and O–H groups in total. The van der Waals surface area contributed by atoms with E-state index >= 15 is 8.78 Å². The molecule has 0 atom stereocenters. The van der Waals surface area contributed by atoms with Crippen molar-refractivity contribution >= 4 is 16.8 Å². The summed E-state index contributed by atoms with van der Waals surface area (Å²) in [5, 5.41) is 0.339. The van der Waals surface area contributed by atoms with Crippen molar-refractivity contribution in [3.63, 3.8) is 0 Å². The minimum atomic E-state index is -2.04. The van der Waals surface area contributed by atoms with Gasteiger partial charge < -0.3 is 0 Å². The summed E-state index contributed by atoms with van der Waals surface area (Å²) in [6.07, 6.45) is 2.14. The first-order valence-electron chi connectivity index (χ1n) is 11.3. The molecule has 0 fully saturated rings. The zero-order valence-electron chi connectivity index (χ0n) is 18.9. The average Bonchev–Trinajstić information content (AvgIpc) is 2.80. The van der Waals surface area contributed by atoms with Crippen LogP contribution in [0.3, 0.4) is 0 Å². The maximum absolute atomic E-state index is 15.1. The van der Waals surface area contributed by atoms with Gasteiger partial charge in [-0.25, -0.2) is 17.6 Å². The van der Waals surface area contributed by atoms with Crippen LogP contribution in [0.1, 0.15) is 37.3 Å². The molecule has 0 unspecified atom stereocenters. The Balaban J connectivity index is 1.69. The molecule has 0 saturated heterocycles. The fourth-order valence-corrected chi connectivity index (χ4v) is 4.23. The van der Waals surface area contributed by atoms with Crippen LogP contribution >= 0.6 is 0 Å². The molecule has 0 saturated carbocycles. The molecule has 4 aromatic carbocycles. The van der Waals surface area contributed by atoms with Crippen LogP contribution in [0.4, 0.5) is 26.3 Å². The Morgan fingerprint density at radius 2 is 1.49 bits per heavy atom. The van der Waals surface area contributed by atoms with Gasteiger partial charge in [-0.2, -0.15) is 8.78 Å². The lowest BCUT2D eigenvalue weighted by Gasteiger charge is -2.12. The van der Waals surface area contributed by atoms with Crippen molar-refractivity contribution in [3.8, 4) is 22.3 Å². The number of benzene rings is 4. The number of unbranched alkanes of at least 4 members (excludes halogenated alkanes) is 2. The van der Waals surface area contributed by atoms with Gasteiger partial charge in [0, 0.05) is 22.6 Å². The number of halogens is 6. The van der Waals surface area contributed by atoms with Crippen LogP contribution in [-0.4, -0.2) is 0 Å². The van der Waals surface area contributed by atoms with Gasteiger partial charge in [0.05, 0.1) is 5.56 Å². The van der Waals surface area contributed by atoms with Crippen LogP contribution in [-0.2, 0) is 6.42 Å². The van der Waals surface area contributed by atoms with Crippen LogP contribution in [0.15, 0.2) is 66.7 Å². The number of hydrogen-bond acceptors (Lipinski definition) is 0. The predicted octanol–water partition coefficient (Wildman–Crippen LogP) is 9.70. The highest BCUT2D eigenvalue weighted by atomic mass is 19.3. The molecule has 0 heterocycles. The molecule has 6 heteroatoms. The molecule has 0 bridgehead atoms. The maximum Gasteiger partial charge on any atom is 0.271 e. The molecule has 0 amide bonds. The number of hydrogen-bond donors (Lipinski definition) is 0. The van der Waals surface area contributed by atoms with Gasteiger partial charge in [-0.1, -0.05) is 56.2 Å². The average molecular weight is 484 g/mol. The van der Waals surface area contributed by atoms with Gasteiger partial charge in [-0.05, 0) is 59.2 Å². The van der Waals surface area contributed by atoms with Gasteiger partial charge in [0.2, 0.25) is 0 Å².